The summed E-state index contributed by atoms with van der Waals surface area (Å²) in [5, 5.41) is 2.85. The molecule has 1 aromatic heterocycles. The van der Waals surface area contributed by atoms with Crippen molar-refractivity contribution in [3.8, 4) is 0 Å². The Kier molecular flexibility index (Phi) is 3.56. The molecule has 1 saturated heterocycles. The molecule has 0 radical (unpaired) electrons. The fourth-order valence-electron chi connectivity index (χ4n) is 2.04. The van der Waals surface area contributed by atoms with Gasteiger partial charge in [-0.3, -0.25) is 0 Å². The predicted molar refractivity (Wildman–Crippen MR) is 62.9 cm³/mol. The molecule has 16 heavy (non-hydrogen) atoms. The van der Waals surface area contributed by atoms with Crippen LogP contribution in [0.5, 0.6) is 0 Å². The van der Waals surface area contributed by atoms with Crippen LogP contribution in [0.15, 0.2) is 5.38 Å². The van der Waals surface area contributed by atoms with E-state index in [9.17, 15) is 4.79 Å². The van der Waals surface area contributed by atoms with Crippen molar-refractivity contribution in [1.29, 1.82) is 0 Å². The fourth-order valence-corrected chi connectivity index (χ4v) is 2.96. The molecule has 2 rings (SSSR count). The fraction of sp³-hybridized carbons (Fsp3) is 0.636. The Morgan fingerprint density at radius 2 is 2.50 bits per heavy atom. The van der Waals surface area contributed by atoms with Crippen LogP contribution in [-0.4, -0.2) is 43.1 Å². The molecule has 0 spiro atoms. The summed E-state index contributed by atoms with van der Waals surface area (Å²) in [6.07, 6.45) is 2.37. The number of carbonyl (C=O) groups excluding carboxylic acids is 1. The molecule has 0 N–H and O–H groups in total. The molecule has 0 aromatic carbocycles. The van der Waals surface area contributed by atoms with E-state index in [0.717, 1.165) is 18.1 Å². The third-order valence-electron chi connectivity index (χ3n) is 2.89. The lowest BCUT2D eigenvalue weighted by molar-refractivity contribution is 0.0594. The summed E-state index contributed by atoms with van der Waals surface area (Å²) in [6.45, 7) is 2.19. The number of likely N-dealkylation sites (N-methyl/N-ethyl adjacent to an activating group) is 1. The number of aromatic nitrogens is 1. The van der Waals surface area contributed by atoms with Crippen LogP contribution in [0.1, 0.15) is 34.3 Å². The summed E-state index contributed by atoms with van der Waals surface area (Å²) < 4.78 is 4.65. The molecule has 2 heterocycles. The molecular weight excluding hydrogens is 224 g/mol. The summed E-state index contributed by atoms with van der Waals surface area (Å²) in [5.74, 6) is 0.133. The first-order valence-electron chi connectivity index (χ1n) is 5.43. The molecule has 1 unspecified atom stereocenters. The van der Waals surface area contributed by atoms with Crippen molar-refractivity contribution in [2.75, 3.05) is 27.2 Å². The van der Waals surface area contributed by atoms with Crippen LogP contribution >= 0.6 is 11.3 Å². The summed E-state index contributed by atoms with van der Waals surface area (Å²) in [6, 6.07) is 0. The highest BCUT2D eigenvalue weighted by molar-refractivity contribution is 7.09. The molecule has 1 aliphatic rings. The smallest absolute Gasteiger partial charge is 0.357 e. The van der Waals surface area contributed by atoms with Gasteiger partial charge >= 0.3 is 5.97 Å². The molecule has 1 aromatic rings. The van der Waals surface area contributed by atoms with Gasteiger partial charge in [-0.1, -0.05) is 0 Å². The Bertz CT molecular complexity index is 378. The molecule has 5 heteroatoms. The average Bonchev–Trinajstić information content (AvgIpc) is 2.77. The summed E-state index contributed by atoms with van der Waals surface area (Å²) in [5.41, 5.74) is 0.440. The standard InChI is InChI=1S/C11H16N2O2S/c1-13-5-3-4-8(6-13)10-12-9(7-16-10)11(14)15-2/h7-8H,3-6H2,1-2H3. The molecule has 0 amide bonds. The second-order valence-electron chi connectivity index (χ2n) is 4.16. The first-order valence-corrected chi connectivity index (χ1v) is 6.31. The lowest BCUT2D eigenvalue weighted by atomic mass is 9.99. The predicted octanol–water partition coefficient (Wildman–Crippen LogP) is 1.74. The number of nitrogens with zero attached hydrogens (tertiary/aromatic N) is 2. The van der Waals surface area contributed by atoms with Crippen LogP contribution in [0.3, 0.4) is 0 Å². The van der Waals surface area contributed by atoms with Gasteiger partial charge in [-0.05, 0) is 26.4 Å². The normalized spacial score (nSPS) is 22.0. The Hall–Kier alpha value is -0.940. The van der Waals surface area contributed by atoms with Gasteiger partial charge in [0.05, 0.1) is 12.1 Å². The van der Waals surface area contributed by atoms with Crippen LogP contribution in [-0.2, 0) is 4.74 Å². The van der Waals surface area contributed by atoms with Gasteiger partial charge in [-0.15, -0.1) is 11.3 Å². The molecule has 0 bridgehead atoms. The summed E-state index contributed by atoms with van der Waals surface area (Å²) >= 11 is 1.56. The minimum Gasteiger partial charge on any atom is -0.464 e. The van der Waals surface area contributed by atoms with Gasteiger partial charge in [-0.2, -0.15) is 0 Å². The molecular formula is C11H16N2O2S. The van der Waals surface area contributed by atoms with E-state index in [1.54, 1.807) is 16.7 Å². The number of carbonyl (C=O) groups is 1. The van der Waals surface area contributed by atoms with E-state index in [1.165, 1.54) is 20.0 Å². The zero-order valence-electron chi connectivity index (χ0n) is 9.60. The first-order chi connectivity index (χ1) is 7.70. The monoisotopic (exact) mass is 240 g/mol. The van der Waals surface area contributed by atoms with Crippen molar-refractivity contribution in [3.63, 3.8) is 0 Å². The highest BCUT2D eigenvalue weighted by atomic mass is 32.1. The number of rotatable bonds is 2. The third-order valence-corrected chi connectivity index (χ3v) is 3.90. The van der Waals surface area contributed by atoms with Crippen molar-refractivity contribution >= 4 is 17.3 Å². The molecule has 0 saturated carbocycles. The quantitative estimate of drug-likeness (QED) is 0.738. The van der Waals surface area contributed by atoms with E-state index in [1.807, 2.05) is 0 Å². The molecule has 1 atom stereocenters. The highest BCUT2D eigenvalue weighted by Gasteiger charge is 2.22. The first kappa shape index (κ1) is 11.5. The van der Waals surface area contributed by atoms with Gasteiger partial charge in [0.15, 0.2) is 5.69 Å². The van der Waals surface area contributed by atoms with Crippen LogP contribution in [0.4, 0.5) is 0 Å². The van der Waals surface area contributed by atoms with E-state index < -0.39 is 0 Å². The van der Waals surface area contributed by atoms with Gasteiger partial charge in [0, 0.05) is 17.8 Å². The maximum atomic E-state index is 11.3. The highest BCUT2D eigenvalue weighted by Crippen LogP contribution is 2.28. The number of piperidine rings is 1. The van der Waals surface area contributed by atoms with E-state index in [4.69, 9.17) is 0 Å². The lowest BCUT2D eigenvalue weighted by Gasteiger charge is -2.28. The minimum atomic E-state index is -0.341. The summed E-state index contributed by atoms with van der Waals surface area (Å²) in [4.78, 5) is 18.0. The van der Waals surface area contributed by atoms with E-state index in [0.29, 0.717) is 11.6 Å². The lowest BCUT2D eigenvalue weighted by Crippen LogP contribution is -2.30. The topological polar surface area (TPSA) is 42.4 Å². The molecule has 0 aliphatic carbocycles. The number of thiazole rings is 1. The van der Waals surface area contributed by atoms with Crippen molar-refractivity contribution in [2.24, 2.45) is 0 Å². The molecule has 1 aliphatic heterocycles. The molecule has 4 nitrogen and oxygen atoms in total. The number of hydrogen-bond donors (Lipinski definition) is 0. The van der Waals surface area contributed by atoms with Crippen molar-refractivity contribution < 1.29 is 9.53 Å². The van der Waals surface area contributed by atoms with E-state index in [2.05, 4.69) is 21.7 Å². The zero-order chi connectivity index (χ0) is 11.5. The van der Waals surface area contributed by atoms with Crippen LogP contribution in [0.25, 0.3) is 0 Å². The average molecular weight is 240 g/mol. The van der Waals surface area contributed by atoms with Crippen molar-refractivity contribution in [1.82, 2.24) is 9.88 Å². The summed E-state index contributed by atoms with van der Waals surface area (Å²) in [7, 11) is 3.51. The SMILES string of the molecule is COC(=O)c1csc(C2CCCN(C)C2)n1. The van der Waals surface area contributed by atoms with Crippen LogP contribution < -0.4 is 0 Å². The van der Waals surface area contributed by atoms with Crippen LogP contribution in [0.2, 0.25) is 0 Å². The maximum absolute atomic E-state index is 11.3. The Morgan fingerprint density at radius 1 is 1.69 bits per heavy atom. The minimum absolute atomic E-state index is 0.341. The largest absolute Gasteiger partial charge is 0.464 e. The van der Waals surface area contributed by atoms with E-state index in [-0.39, 0.29) is 5.97 Å². The number of likely N-dealkylation sites (tertiary alicyclic amines) is 1. The second kappa shape index (κ2) is 4.93. The third kappa shape index (κ3) is 2.41. The maximum Gasteiger partial charge on any atom is 0.357 e. The number of esters is 1. The van der Waals surface area contributed by atoms with Gasteiger partial charge in [0.1, 0.15) is 0 Å². The Labute approximate surface area is 99.2 Å². The van der Waals surface area contributed by atoms with Gasteiger partial charge in [0.25, 0.3) is 0 Å². The van der Waals surface area contributed by atoms with E-state index >= 15 is 0 Å². The number of hydrogen-bond acceptors (Lipinski definition) is 5. The molecule has 88 valence electrons. The molecule has 1 fully saturated rings. The van der Waals surface area contributed by atoms with Crippen LogP contribution in [0, 0.1) is 0 Å². The van der Waals surface area contributed by atoms with Crippen molar-refractivity contribution in [3.05, 3.63) is 16.1 Å². The second-order valence-corrected chi connectivity index (χ2v) is 5.05. The number of methoxy groups -OCH3 is 1. The Balaban J connectivity index is 2.09. The van der Waals surface area contributed by atoms with Gasteiger partial charge in [0.2, 0.25) is 0 Å². The van der Waals surface area contributed by atoms with Gasteiger partial charge < -0.3 is 9.64 Å². The number of ether oxygens (including phenoxy) is 1. The van der Waals surface area contributed by atoms with Crippen molar-refractivity contribution in [2.45, 2.75) is 18.8 Å². The Morgan fingerprint density at radius 3 is 3.19 bits per heavy atom. The zero-order valence-corrected chi connectivity index (χ0v) is 10.4. The van der Waals surface area contributed by atoms with Gasteiger partial charge in [-0.25, -0.2) is 9.78 Å².